The minimum absolute atomic E-state index is 1.15. The van der Waals surface area contributed by atoms with Crippen molar-refractivity contribution in [3.63, 3.8) is 0 Å². The molecule has 2 rings (SSSR count). The molecule has 0 amide bonds. The number of benzene rings is 1. The molecular formula is C11H13Cl2NRu. The maximum absolute atomic E-state index is 5.93. The molecule has 1 saturated heterocycles. The van der Waals surface area contributed by atoms with Crippen LogP contribution in [0, 0.1) is 0 Å². The van der Waals surface area contributed by atoms with Gasteiger partial charge in [-0.2, -0.15) is 0 Å². The van der Waals surface area contributed by atoms with E-state index in [1.54, 1.807) is 0 Å². The van der Waals surface area contributed by atoms with Gasteiger partial charge in [-0.25, -0.2) is 0 Å². The molecule has 1 fully saturated rings. The van der Waals surface area contributed by atoms with Crippen molar-refractivity contribution in [1.29, 1.82) is 0 Å². The summed E-state index contributed by atoms with van der Waals surface area (Å²) in [5, 5.41) is 0. The van der Waals surface area contributed by atoms with E-state index in [1.807, 2.05) is 10.7 Å². The van der Waals surface area contributed by atoms with E-state index in [4.69, 9.17) is 19.4 Å². The Morgan fingerprint density at radius 1 is 1.13 bits per heavy atom. The number of nitrogens with zero attached hydrogens (tertiary/aromatic N) is 1. The standard InChI is InChI=1S/C11H13N.2ClH.Ru/c1-10-6-2-3-7-11(10)12-8-4-5-9-12;;;/h1-3,6-7H,4-5,8-9H2;2*1H;/q;;;+2/p-2. The number of halogens is 2. The van der Waals surface area contributed by atoms with Gasteiger partial charge in [0.2, 0.25) is 0 Å². The van der Waals surface area contributed by atoms with Gasteiger partial charge in [0.05, 0.1) is 0 Å². The van der Waals surface area contributed by atoms with Gasteiger partial charge in [0.15, 0.2) is 0 Å². The van der Waals surface area contributed by atoms with Crippen molar-refractivity contribution in [2.75, 3.05) is 18.0 Å². The molecule has 1 heterocycles. The summed E-state index contributed by atoms with van der Waals surface area (Å²) in [7, 11) is 11.9. The Morgan fingerprint density at radius 2 is 1.80 bits per heavy atom. The Morgan fingerprint density at radius 3 is 2.47 bits per heavy atom. The topological polar surface area (TPSA) is 3.24 Å². The zero-order valence-electron chi connectivity index (χ0n) is 8.27. The van der Waals surface area contributed by atoms with Gasteiger partial charge in [0.25, 0.3) is 0 Å². The first-order chi connectivity index (χ1) is 7.27. The summed E-state index contributed by atoms with van der Waals surface area (Å²) >= 11 is -1.72. The second-order valence-electron chi connectivity index (χ2n) is 3.56. The molecular weight excluding hydrogens is 318 g/mol. The van der Waals surface area contributed by atoms with Crippen molar-refractivity contribution in [2.45, 2.75) is 12.8 Å². The van der Waals surface area contributed by atoms with Gasteiger partial charge >= 0.3 is 104 Å². The maximum atomic E-state index is 5.93. The molecule has 1 aliphatic heterocycles. The van der Waals surface area contributed by atoms with Crippen molar-refractivity contribution >= 4 is 29.7 Å². The molecule has 0 saturated carbocycles. The molecule has 0 aliphatic carbocycles. The zero-order valence-corrected chi connectivity index (χ0v) is 11.5. The minimum atomic E-state index is -1.72. The quantitative estimate of drug-likeness (QED) is 0.751. The van der Waals surface area contributed by atoms with Crippen molar-refractivity contribution < 1.29 is 13.5 Å². The van der Waals surface area contributed by atoms with Gasteiger partial charge in [0.1, 0.15) is 0 Å². The van der Waals surface area contributed by atoms with Gasteiger partial charge < -0.3 is 0 Å². The number of rotatable bonds is 2. The monoisotopic (exact) mass is 331 g/mol. The van der Waals surface area contributed by atoms with E-state index in [9.17, 15) is 0 Å². The summed E-state index contributed by atoms with van der Waals surface area (Å²) < 4.78 is 2.03. The van der Waals surface area contributed by atoms with Gasteiger partial charge in [-0.05, 0) is 0 Å². The average Bonchev–Trinajstić information content (AvgIpc) is 2.70. The van der Waals surface area contributed by atoms with Gasteiger partial charge in [-0.15, -0.1) is 0 Å². The molecule has 1 aromatic rings. The van der Waals surface area contributed by atoms with E-state index in [0.717, 1.165) is 13.1 Å². The van der Waals surface area contributed by atoms with E-state index >= 15 is 0 Å². The molecule has 0 radical (unpaired) electrons. The molecule has 0 unspecified atom stereocenters. The van der Waals surface area contributed by atoms with Crippen LogP contribution >= 0.6 is 19.4 Å². The Labute approximate surface area is 103 Å². The van der Waals surface area contributed by atoms with Crippen LogP contribution in [0.25, 0.3) is 0 Å². The molecule has 1 aromatic carbocycles. The second kappa shape index (κ2) is 5.43. The molecule has 4 heteroatoms. The summed E-state index contributed by atoms with van der Waals surface area (Å²) in [5.41, 5.74) is 2.48. The molecule has 0 spiro atoms. The van der Waals surface area contributed by atoms with Crippen molar-refractivity contribution in [3.05, 3.63) is 29.8 Å². The van der Waals surface area contributed by atoms with Crippen LogP contribution < -0.4 is 4.90 Å². The Hall–Kier alpha value is 0.0934. The van der Waals surface area contributed by atoms with Crippen LogP contribution in [0.2, 0.25) is 0 Å². The van der Waals surface area contributed by atoms with Crippen LogP contribution in [0.5, 0.6) is 0 Å². The van der Waals surface area contributed by atoms with E-state index in [0.29, 0.717) is 0 Å². The average molecular weight is 331 g/mol. The van der Waals surface area contributed by atoms with Crippen LogP contribution in [0.15, 0.2) is 24.3 Å². The molecule has 0 bridgehead atoms. The van der Waals surface area contributed by atoms with E-state index in [1.165, 1.54) is 24.1 Å². The predicted molar refractivity (Wildman–Crippen MR) is 64.8 cm³/mol. The predicted octanol–water partition coefficient (Wildman–Crippen LogP) is 3.36. The van der Waals surface area contributed by atoms with Crippen LogP contribution in [0.3, 0.4) is 0 Å². The first-order valence-electron chi connectivity index (χ1n) is 4.94. The Kier molecular flexibility index (Phi) is 4.19. The van der Waals surface area contributed by atoms with E-state index in [-0.39, 0.29) is 0 Å². The molecule has 1 aliphatic rings. The van der Waals surface area contributed by atoms with Crippen molar-refractivity contribution in [1.82, 2.24) is 0 Å². The Balaban J connectivity index is 2.32. The fraction of sp³-hybridized carbons (Fsp3) is 0.364. The van der Waals surface area contributed by atoms with Gasteiger partial charge in [0, 0.05) is 0 Å². The normalized spacial score (nSPS) is 16.7. The van der Waals surface area contributed by atoms with E-state index < -0.39 is 13.5 Å². The Bertz CT molecular complexity index is 369. The van der Waals surface area contributed by atoms with Crippen LogP contribution in [0.1, 0.15) is 18.4 Å². The molecule has 0 aromatic heterocycles. The molecule has 0 N–H and O–H groups in total. The van der Waals surface area contributed by atoms with Gasteiger partial charge in [-0.3, -0.25) is 0 Å². The molecule has 0 atom stereocenters. The number of para-hydroxylation sites is 1. The molecule has 1 nitrogen and oxygen atoms in total. The first kappa shape index (κ1) is 11.6. The third-order valence-corrected chi connectivity index (χ3v) is 4.40. The third kappa shape index (κ3) is 3.03. The van der Waals surface area contributed by atoms with Crippen LogP contribution in [-0.4, -0.2) is 17.7 Å². The SMILES string of the molecule is [Cl][Ru]([Cl])=[CH]c1ccccc1N1CCCC1. The van der Waals surface area contributed by atoms with Crippen molar-refractivity contribution in [2.24, 2.45) is 0 Å². The summed E-state index contributed by atoms with van der Waals surface area (Å²) in [6.45, 7) is 2.31. The van der Waals surface area contributed by atoms with Crippen LogP contribution in [0.4, 0.5) is 5.69 Å². The number of anilines is 1. The first-order valence-corrected chi connectivity index (χ1v) is 10.4. The third-order valence-electron chi connectivity index (χ3n) is 2.57. The number of hydrogen-bond acceptors (Lipinski definition) is 1. The fourth-order valence-corrected chi connectivity index (χ4v) is 3.72. The molecule has 15 heavy (non-hydrogen) atoms. The summed E-state index contributed by atoms with van der Waals surface area (Å²) in [4.78, 5) is 2.41. The van der Waals surface area contributed by atoms with E-state index in [2.05, 4.69) is 23.1 Å². The number of hydrogen-bond donors (Lipinski definition) is 0. The van der Waals surface area contributed by atoms with Crippen LogP contribution in [-0.2, 0) is 13.5 Å². The molecule has 84 valence electrons. The second-order valence-corrected chi connectivity index (χ2v) is 9.28. The summed E-state index contributed by atoms with van der Waals surface area (Å²) in [6, 6.07) is 8.36. The fourth-order valence-electron chi connectivity index (χ4n) is 1.90. The van der Waals surface area contributed by atoms with Crippen molar-refractivity contribution in [3.8, 4) is 0 Å². The summed E-state index contributed by atoms with van der Waals surface area (Å²) in [5.74, 6) is 0. The van der Waals surface area contributed by atoms with Gasteiger partial charge in [-0.1, -0.05) is 0 Å². The zero-order chi connectivity index (χ0) is 10.7. The summed E-state index contributed by atoms with van der Waals surface area (Å²) in [6.07, 6.45) is 2.58.